The third-order valence-corrected chi connectivity index (χ3v) is 15.6. The highest BCUT2D eigenvalue weighted by molar-refractivity contribution is 6.15. The molecule has 8 nitrogen and oxygen atoms in total. The molecule has 0 saturated heterocycles. The van der Waals surface area contributed by atoms with E-state index >= 15 is 0 Å². The predicted octanol–water partition coefficient (Wildman–Crippen LogP) is 17.6. The molecule has 16 aromatic rings. The average molecular weight is 1020 g/mol. The summed E-state index contributed by atoms with van der Waals surface area (Å²) >= 11 is 0. The highest BCUT2D eigenvalue weighted by atomic mass is 15.3. The quantitative estimate of drug-likeness (QED) is 0.144. The summed E-state index contributed by atoms with van der Waals surface area (Å²) in [5.74, 6) is 1.57. The first-order valence-corrected chi connectivity index (χ1v) is 27.0. The molecule has 0 N–H and O–H groups in total. The Morgan fingerprint density at radius 2 is 0.675 bits per heavy atom. The van der Waals surface area contributed by atoms with E-state index in [0.29, 0.717) is 0 Å². The predicted molar refractivity (Wildman–Crippen MR) is 326 cm³/mol. The fourth-order valence-corrected chi connectivity index (χ4v) is 12.2. The Morgan fingerprint density at radius 3 is 1.23 bits per heavy atom. The van der Waals surface area contributed by atoms with Crippen LogP contribution in [0, 0.1) is 0 Å². The minimum absolute atomic E-state index is 0.726. The second kappa shape index (κ2) is 18.4. The van der Waals surface area contributed by atoms with E-state index in [9.17, 15) is 0 Å². The van der Waals surface area contributed by atoms with Crippen molar-refractivity contribution in [3.63, 3.8) is 0 Å². The van der Waals surface area contributed by atoms with E-state index in [1.54, 1.807) is 0 Å². The lowest BCUT2D eigenvalue weighted by molar-refractivity contribution is 1.09. The molecule has 0 radical (unpaired) electrons. The molecule has 5 aromatic heterocycles. The Balaban J connectivity index is 0.944. The van der Waals surface area contributed by atoms with Crippen LogP contribution in [0.25, 0.3) is 145 Å². The van der Waals surface area contributed by atoms with Gasteiger partial charge in [0.2, 0.25) is 11.6 Å². The van der Waals surface area contributed by atoms with Crippen molar-refractivity contribution in [3.05, 3.63) is 279 Å². The zero-order valence-corrected chi connectivity index (χ0v) is 43.1. The zero-order valence-electron chi connectivity index (χ0n) is 43.1. The summed E-state index contributed by atoms with van der Waals surface area (Å²) in [4.78, 5) is 21.1. The lowest BCUT2D eigenvalue weighted by Gasteiger charge is -2.29. The van der Waals surface area contributed by atoms with E-state index in [-0.39, 0.29) is 0 Å². The van der Waals surface area contributed by atoms with Gasteiger partial charge in [0.05, 0.1) is 50.7 Å². The van der Waals surface area contributed by atoms with E-state index in [1.807, 2.05) is 42.6 Å². The van der Waals surface area contributed by atoms with Gasteiger partial charge in [-0.3, -0.25) is 17.9 Å². The number of aromatic nitrogens is 8. The van der Waals surface area contributed by atoms with Crippen LogP contribution in [0.2, 0.25) is 0 Å². The lowest BCUT2D eigenvalue weighted by atomic mass is 9.74. The van der Waals surface area contributed by atoms with E-state index in [2.05, 4.69) is 255 Å². The Hall–Kier alpha value is -11.0. The highest BCUT2D eigenvalue weighted by Crippen LogP contribution is 2.56. The molecule has 0 atom stereocenters. The molecule has 0 aliphatic heterocycles. The molecule has 0 fully saturated rings. The molecule has 0 aliphatic rings. The standard InChI is InChI=1S/C72H46N8/c1-7-24-47(25-8-1)63-64(48-26-9-2-10-27-48)66(50-30-13-4-14-31-50)68(67(51-32-15-5-16-33-51)65(63)49-28-11-3-12-29-49)53-34-23-37-55(44-53)77-60-40-21-22-41-61(60)79-62-45-52(42-43-57(62)76-71(77)79)58-46-73-69-70(74-58)78(54-35-17-6-18-36-54)72-75-56-38-19-20-39-59(56)80(69)72/h1-46H. The van der Waals surface area contributed by atoms with E-state index in [4.69, 9.17) is 19.9 Å². The fourth-order valence-electron chi connectivity index (χ4n) is 12.2. The first-order chi connectivity index (χ1) is 39.7. The third kappa shape index (κ3) is 7.09. The van der Waals surface area contributed by atoms with E-state index < -0.39 is 0 Å². The molecule has 0 saturated carbocycles. The first-order valence-electron chi connectivity index (χ1n) is 27.0. The largest absolute Gasteiger partial charge is 0.278 e. The maximum absolute atomic E-state index is 5.48. The van der Waals surface area contributed by atoms with Crippen LogP contribution in [-0.2, 0) is 0 Å². The summed E-state index contributed by atoms with van der Waals surface area (Å²) in [6, 6.07) is 97.3. The molecule has 0 spiro atoms. The summed E-state index contributed by atoms with van der Waals surface area (Å²) in [7, 11) is 0. The number of imidazole rings is 4. The second-order valence-electron chi connectivity index (χ2n) is 20.2. The van der Waals surface area contributed by atoms with Crippen molar-refractivity contribution in [1.82, 2.24) is 37.9 Å². The number of rotatable bonds is 9. The van der Waals surface area contributed by atoms with Crippen molar-refractivity contribution < 1.29 is 0 Å². The number of benzene rings is 11. The Morgan fingerprint density at radius 1 is 0.250 bits per heavy atom. The number of fused-ring (bicyclic) bond motifs is 10. The van der Waals surface area contributed by atoms with Gasteiger partial charge in [-0.05, 0) is 127 Å². The maximum atomic E-state index is 5.48. The van der Waals surface area contributed by atoms with E-state index in [0.717, 1.165) is 129 Å². The van der Waals surface area contributed by atoms with Crippen LogP contribution in [0.4, 0.5) is 0 Å². The third-order valence-electron chi connectivity index (χ3n) is 15.6. The minimum atomic E-state index is 0.726. The minimum Gasteiger partial charge on any atom is -0.278 e. The van der Waals surface area contributed by atoms with Gasteiger partial charge in [0.15, 0.2) is 11.3 Å². The highest BCUT2D eigenvalue weighted by Gasteiger charge is 2.30. The normalized spacial score (nSPS) is 11.8. The molecule has 11 aromatic carbocycles. The zero-order chi connectivity index (χ0) is 52.7. The molecule has 0 unspecified atom stereocenters. The SMILES string of the molecule is c1ccc(-c2c(-c3ccccc3)c(-c3ccccc3)c(-c3cccc(-n4c5ccccc5n5c6cc(-c7cnc8c(n7)n(-c7ccccc7)c7nc9ccccc9n87)ccc6nc45)c3)c(-c3ccccc3)c2-c2ccccc2)cc1. The van der Waals surface area contributed by atoms with Gasteiger partial charge in [0, 0.05) is 11.3 Å². The molecular formula is C72H46N8. The average Bonchev–Trinajstić information content (AvgIpc) is 4.39. The van der Waals surface area contributed by atoms with Gasteiger partial charge in [0.1, 0.15) is 0 Å². The van der Waals surface area contributed by atoms with Crippen molar-refractivity contribution in [3.8, 4) is 89.4 Å². The van der Waals surface area contributed by atoms with Crippen LogP contribution in [0.5, 0.6) is 0 Å². The number of hydrogen-bond acceptors (Lipinski definition) is 4. The van der Waals surface area contributed by atoms with Crippen LogP contribution in [0.1, 0.15) is 0 Å². The van der Waals surface area contributed by atoms with Crippen LogP contribution >= 0.6 is 0 Å². The van der Waals surface area contributed by atoms with Crippen LogP contribution < -0.4 is 0 Å². The van der Waals surface area contributed by atoms with Gasteiger partial charge >= 0.3 is 0 Å². The number of nitrogens with zero attached hydrogens (tertiary/aromatic N) is 8. The van der Waals surface area contributed by atoms with Gasteiger partial charge in [-0.25, -0.2) is 19.9 Å². The lowest BCUT2D eigenvalue weighted by Crippen LogP contribution is -2.02. The van der Waals surface area contributed by atoms with Crippen LogP contribution in [0.3, 0.4) is 0 Å². The summed E-state index contributed by atoms with van der Waals surface area (Å²) in [6.45, 7) is 0. The van der Waals surface area contributed by atoms with Gasteiger partial charge in [-0.1, -0.05) is 212 Å². The van der Waals surface area contributed by atoms with Crippen molar-refractivity contribution in [2.24, 2.45) is 0 Å². The van der Waals surface area contributed by atoms with Crippen molar-refractivity contribution in [1.29, 1.82) is 0 Å². The molecule has 8 heteroatoms. The molecule has 0 amide bonds. The van der Waals surface area contributed by atoms with Crippen LogP contribution in [-0.4, -0.2) is 37.9 Å². The molecule has 374 valence electrons. The van der Waals surface area contributed by atoms with Crippen molar-refractivity contribution in [2.45, 2.75) is 0 Å². The topological polar surface area (TPSA) is 70.2 Å². The Labute approximate surface area is 460 Å². The fraction of sp³-hybridized carbons (Fsp3) is 0. The van der Waals surface area contributed by atoms with Gasteiger partial charge in [-0.15, -0.1) is 0 Å². The molecular weight excluding hydrogens is 977 g/mol. The molecule has 5 heterocycles. The van der Waals surface area contributed by atoms with Crippen molar-refractivity contribution >= 4 is 55.9 Å². The number of para-hydroxylation sites is 5. The monoisotopic (exact) mass is 1020 g/mol. The summed E-state index contributed by atoms with van der Waals surface area (Å²) < 4.78 is 8.82. The smallest absolute Gasteiger partial charge is 0.223 e. The molecule has 0 aliphatic carbocycles. The Bertz CT molecular complexity index is 4920. The van der Waals surface area contributed by atoms with Gasteiger partial charge in [0.25, 0.3) is 0 Å². The maximum Gasteiger partial charge on any atom is 0.223 e. The molecule has 0 bridgehead atoms. The van der Waals surface area contributed by atoms with Crippen molar-refractivity contribution in [2.75, 3.05) is 0 Å². The second-order valence-corrected chi connectivity index (χ2v) is 20.2. The van der Waals surface area contributed by atoms with Gasteiger partial charge < -0.3 is 0 Å². The summed E-state index contributed by atoms with van der Waals surface area (Å²) in [5.41, 5.74) is 24.7. The Kier molecular flexibility index (Phi) is 10.4. The first kappa shape index (κ1) is 45.3. The summed E-state index contributed by atoms with van der Waals surface area (Å²) in [6.07, 6.45) is 1.88. The van der Waals surface area contributed by atoms with E-state index in [1.165, 1.54) is 16.7 Å². The molecule has 80 heavy (non-hydrogen) atoms. The molecule has 16 rings (SSSR count). The number of hydrogen-bond donors (Lipinski definition) is 0. The summed E-state index contributed by atoms with van der Waals surface area (Å²) in [5, 5.41) is 0. The van der Waals surface area contributed by atoms with Crippen LogP contribution in [0.15, 0.2) is 279 Å². The van der Waals surface area contributed by atoms with Gasteiger partial charge in [-0.2, -0.15) is 0 Å².